The second-order valence-corrected chi connectivity index (χ2v) is 7.87. The molecule has 1 N–H and O–H groups in total. The van der Waals surface area contributed by atoms with E-state index in [0.29, 0.717) is 17.3 Å². The van der Waals surface area contributed by atoms with E-state index in [1.807, 2.05) is 37.3 Å². The van der Waals surface area contributed by atoms with Crippen LogP contribution in [0.5, 0.6) is 0 Å². The van der Waals surface area contributed by atoms with E-state index in [0.717, 1.165) is 16.0 Å². The third-order valence-electron chi connectivity index (χ3n) is 5.28. The number of amides is 3. The summed E-state index contributed by atoms with van der Waals surface area (Å²) in [5.74, 6) is -0.830. The van der Waals surface area contributed by atoms with Crippen LogP contribution in [0.25, 0.3) is 0 Å². The number of hydrogen-bond donors (Lipinski definition) is 1. The van der Waals surface area contributed by atoms with Gasteiger partial charge in [0, 0.05) is 5.69 Å². The van der Waals surface area contributed by atoms with Gasteiger partial charge in [0.25, 0.3) is 11.8 Å². The van der Waals surface area contributed by atoms with E-state index in [1.54, 1.807) is 18.2 Å². The van der Waals surface area contributed by atoms with Crippen molar-refractivity contribution in [3.63, 3.8) is 0 Å². The van der Waals surface area contributed by atoms with E-state index in [-0.39, 0.29) is 12.5 Å². The van der Waals surface area contributed by atoms with Crippen molar-refractivity contribution < 1.29 is 14.4 Å². The van der Waals surface area contributed by atoms with Gasteiger partial charge in [-0.1, -0.05) is 43.3 Å². The number of carbonyl (C=O) groups excluding carboxylic acids is 3. The average molecular weight is 405 g/mol. The summed E-state index contributed by atoms with van der Waals surface area (Å²) >= 11 is 0. The van der Waals surface area contributed by atoms with Crippen LogP contribution in [-0.2, 0) is 14.4 Å². The van der Waals surface area contributed by atoms with Gasteiger partial charge in [-0.25, -0.2) is 4.90 Å². The van der Waals surface area contributed by atoms with E-state index in [9.17, 15) is 14.4 Å². The van der Waals surface area contributed by atoms with Gasteiger partial charge in [-0.3, -0.25) is 19.4 Å². The summed E-state index contributed by atoms with van der Waals surface area (Å²) in [4.78, 5) is 39.4. The molecular formula is C22H23N5O3. The van der Waals surface area contributed by atoms with Gasteiger partial charge in [0.1, 0.15) is 6.54 Å². The number of aryl methyl sites for hydroxylation is 1. The molecule has 2 aromatic rings. The zero-order valence-corrected chi connectivity index (χ0v) is 17.1. The molecule has 30 heavy (non-hydrogen) atoms. The van der Waals surface area contributed by atoms with E-state index < -0.39 is 23.9 Å². The van der Waals surface area contributed by atoms with Crippen molar-refractivity contribution >= 4 is 29.1 Å². The van der Waals surface area contributed by atoms with Crippen LogP contribution in [0.1, 0.15) is 30.9 Å². The number of benzene rings is 2. The topological polar surface area (TPSA) is 94.4 Å². The van der Waals surface area contributed by atoms with Crippen LogP contribution >= 0.6 is 0 Å². The minimum Gasteiger partial charge on any atom is -0.324 e. The largest absolute Gasteiger partial charge is 0.324 e. The van der Waals surface area contributed by atoms with Crippen LogP contribution in [0, 0.1) is 6.92 Å². The number of nitrogens with zero attached hydrogens (tertiary/aromatic N) is 4. The molecule has 0 aliphatic carbocycles. The Hall–Kier alpha value is -3.55. The SMILES string of the molecule is Cc1cccc(NC(=O)CN2N=NC3C(=O)N(c4ccc(C(C)C)cc4)C(=O)C32)c1. The minimum atomic E-state index is -0.922. The Morgan fingerprint density at radius 1 is 1.10 bits per heavy atom. The fraction of sp³-hybridized carbons (Fsp3) is 0.318. The number of imide groups is 1. The lowest BCUT2D eigenvalue weighted by Gasteiger charge is -2.20. The van der Waals surface area contributed by atoms with Crippen molar-refractivity contribution in [2.24, 2.45) is 10.3 Å². The molecule has 2 aliphatic rings. The number of carbonyl (C=O) groups is 3. The van der Waals surface area contributed by atoms with Crippen LogP contribution < -0.4 is 10.2 Å². The standard InChI is InChI=1S/C22H23N5O3/c1-13(2)15-7-9-17(10-8-15)27-21(29)19-20(22(27)30)26(25-24-19)12-18(28)23-16-6-4-5-14(3)11-16/h4-11,13,19-20H,12H2,1-3H3,(H,23,28). The van der Waals surface area contributed by atoms with Gasteiger partial charge in [-0.05, 0) is 48.2 Å². The summed E-state index contributed by atoms with van der Waals surface area (Å²) in [5.41, 5.74) is 3.30. The highest BCUT2D eigenvalue weighted by Gasteiger charge is 2.55. The van der Waals surface area contributed by atoms with E-state index in [4.69, 9.17) is 0 Å². The van der Waals surface area contributed by atoms with Crippen molar-refractivity contribution in [2.75, 3.05) is 16.8 Å². The third-order valence-corrected chi connectivity index (χ3v) is 5.28. The summed E-state index contributed by atoms with van der Waals surface area (Å²) in [6.07, 6.45) is 0. The Labute approximate surface area is 174 Å². The highest BCUT2D eigenvalue weighted by atomic mass is 16.2. The molecule has 0 radical (unpaired) electrons. The highest BCUT2D eigenvalue weighted by molar-refractivity contribution is 6.25. The number of anilines is 2. The van der Waals surface area contributed by atoms with Crippen molar-refractivity contribution in [3.8, 4) is 0 Å². The monoisotopic (exact) mass is 405 g/mol. The molecule has 0 bridgehead atoms. The molecule has 8 nitrogen and oxygen atoms in total. The van der Waals surface area contributed by atoms with Crippen LogP contribution in [-0.4, -0.2) is 41.4 Å². The van der Waals surface area contributed by atoms with E-state index in [1.165, 1.54) is 5.01 Å². The Balaban J connectivity index is 1.48. The maximum absolute atomic E-state index is 13.0. The van der Waals surface area contributed by atoms with Gasteiger partial charge >= 0.3 is 0 Å². The lowest BCUT2D eigenvalue weighted by Crippen LogP contribution is -2.43. The van der Waals surface area contributed by atoms with Crippen LogP contribution in [0.2, 0.25) is 0 Å². The smallest absolute Gasteiger partial charge is 0.263 e. The molecule has 4 rings (SSSR count). The third kappa shape index (κ3) is 3.56. The summed E-state index contributed by atoms with van der Waals surface area (Å²) in [5, 5.41) is 12.0. The second-order valence-electron chi connectivity index (χ2n) is 7.87. The average Bonchev–Trinajstić information content (AvgIpc) is 3.21. The normalized spacial score (nSPS) is 20.3. The molecule has 2 atom stereocenters. The number of fused-ring (bicyclic) bond motifs is 1. The molecule has 0 spiro atoms. The number of rotatable bonds is 5. The Kier molecular flexibility index (Phi) is 5.07. The fourth-order valence-corrected chi connectivity index (χ4v) is 3.69. The summed E-state index contributed by atoms with van der Waals surface area (Å²) in [6.45, 7) is 5.91. The van der Waals surface area contributed by atoms with Gasteiger partial charge in [-0.2, -0.15) is 5.11 Å². The fourth-order valence-electron chi connectivity index (χ4n) is 3.69. The predicted octanol–water partition coefficient (Wildman–Crippen LogP) is 3.05. The predicted molar refractivity (Wildman–Crippen MR) is 112 cm³/mol. The number of hydrogen-bond acceptors (Lipinski definition) is 6. The van der Waals surface area contributed by atoms with Crippen LogP contribution in [0.3, 0.4) is 0 Å². The molecule has 2 aliphatic heterocycles. The summed E-state index contributed by atoms with van der Waals surface area (Å²) in [7, 11) is 0. The first kappa shape index (κ1) is 19.8. The molecule has 2 unspecified atom stereocenters. The minimum absolute atomic E-state index is 0.169. The molecule has 0 aromatic heterocycles. The maximum atomic E-state index is 13.0. The van der Waals surface area contributed by atoms with Gasteiger partial charge in [0.05, 0.1) is 5.69 Å². The molecule has 154 valence electrons. The van der Waals surface area contributed by atoms with Gasteiger partial charge in [0.2, 0.25) is 5.91 Å². The van der Waals surface area contributed by atoms with Crippen molar-refractivity contribution in [3.05, 3.63) is 59.7 Å². The molecule has 2 heterocycles. The molecule has 1 saturated heterocycles. The van der Waals surface area contributed by atoms with Gasteiger partial charge < -0.3 is 5.32 Å². The number of nitrogens with one attached hydrogen (secondary N) is 1. The Bertz CT molecular complexity index is 1030. The van der Waals surface area contributed by atoms with Gasteiger partial charge in [0.15, 0.2) is 12.1 Å². The second kappa shape index (κ2) is 7.70. The Morgan fingerprint density at radius 2 is 1.83 bits per heavy atom. The first-order valence-electron chi connectivity index (χ1n) is 9.87. The molecule has 8 heteroatoms. The van der Waals surface area contributed by atoms with Gasteiger partial charge in [-0.15, -0.1) is 0 Å². The summed E-state index contributed by atoms with van der Waals surface area (Å²) < 4.78 is 0. The van der Waals surface area contributed by atoms with Crippen molar-refractivity contribution in [1.29, 1.82) is 0 Å². The lowest BCUT2D eigenvalue weighted by atomic mass is 10.0. The first-order valence-corrected chi connectivity index (χ1v) is 9.87. The van der Waals surface area contributed by atoms with Crippen LogP contribution in [0.4, 0.5) is 11.4 Å². The first-order chi connectivity index (χ1) is 14.3. The van der Waals surface area contributed by atoms with E-state index in [2.05, 4.69) is 29.5 Å². The molecule has 0 saturated carbocycles. The van der Waals surface area contributed by atoms with Crippen molar-refractivity contribution in [2.45, 2.75) is 38.8 Å². The molecule has 1 fully saturated rings. The molecule has 3 amide bonds. The van der Waals surface area contributed by atoms with Crippen LogP contribution in [0.15, 0.2) is 58.9 Å². The quantitative estimate of drug-likeness (QED) is 0.774. The van der Waals surface area contributed by atoms with E-state index >= 15 is 0 Å². The highest BCUT2D eigenvalue weighted by Crippen LogP contribution is 2.32. The zero-order chi connectivity index (χ0) is 21.4. The molecular weight excluding hydrogens is 382 g/mol. The van der Waals surface area contributed by atoms with Crippen molar-refractivity contribution in [1.82, 2.24) is 5.01 Å². The lowest BCUT2D eigenvalue weighted by molar-refractivity contribution is -0.123. The molecule has 2 aromatic carbocycles. The Morgan fingerprint density at radius 3 is 2.50 bits per heavy atom. The zero-order valence-electron chi connectivity index (χ0n) is 17.1. The summed E-state index contributed by atoms with van der Waals surface area (Å²) in [6, 6.07) is 12.9. The maximum Gasteiger partial charge on any atom is 0.263 e.